The molecule has 0 aliphatic rings. The van der Waals surface area contributed by atoms with Crippen LogP contribution in [0.3, 0.4) is 0 Å². The second-order valence-corrected chi connectivity index (χ2v) is 3.75. The molecule has 0 unspecified atom stereocenters. The number of halogens is 2. The van der Waals surface area contributed by atoms with Crippen LogP contribution in [-0.2, 0) is 6.54 Å². The van der Waals surface area contributed by atoms with E-state index in [1.165, 1.54) is 6.20 Å². The number of carbonyl (C=O) groups is 1. The van der Waals surface area contributed by atoms with Gasteiger partial charge in [-0.15, -0.1) is 0 Å². The van der Waals surface area contributed by atoms with Crippen molar-refractivity contribution in [3.63, 3.8) is 0 Å². The third kappa shape index (κ3) is 3.01. The fourth-order valence-electron chi connectivity index (χ4n) is 1.47. The van der Waals surface area contributed by atoms with Gasteiger partial charge in [0.2, 0.25) is 0 Å². The summed E-state index contributed by atoms with van der Waals surface area (Å²) in [6.45, 7) is 0.0581. The van der Waals surface area contributed by atoms with Crippen molar-refractivity contribution >= 4 is 11.6 Å². The summed E-state index contributed by atoms with van der Waals surface area (Å²) in [6.07, 6.45) is 1.48. The predicted octanol–water partition coefficient (Wildman–Crippen LogP) is 1.27. The number of rotatable bonds is 3. The minimum Gasteiger partial charge on any atom is -0.396 e. The van der Waals surface area contributed by atoms with Crippen molar-refractivity contribution in [3.8, 4) is 0 Å². The lowest BCUT2D eigenvalue weighted by Gasteiger charge is -2.07. The smallest absolute Gasteiger partial charge is 0.254 e. The first-order chi connectivity index (χ1) is 9.08. The normalized spacial score (nSPS) is 10.2. The van der Waals surface area contributed by atoms with Crippen molar-refractivity contribution < 1.29 is 13.6 Å². The molecule has 98 valence electrons. The van der Waals surface area contributed by atoms with Gasteiger partial charge in [-0.1, -0.05) is 0 Å². The van der Waals surface area contributed by atoms with Crippen LogP contribution >= 0.6 is 0 Å². The first kappa shape index (κ1) is 12.9. The second kappa shape index (κ2) is 5.38. The lowest BCUT2D eigenvalue weighted by atomic mass is 10.1. The molecule has 19 heavy (non-hydrogen) atoms. The van der Waals surface area contributed by atoms with E-state index in [0.717, 1.165) is 12.1 Å². The summed E-state index contributed by atoms with van der Waals surface area (Å²) in [5, 5.41) is 9.78. The van der Waals surface area contributed by atoms with Crippen molar-refractivity contribution in [1.29, 1.82) is 0 Å². The van der Waals surface area contributed by atoms with E-state index in [9.17, 15) is 13.6 Å². The zero-order valence-corrected chi connectivity index (χ0v) is 9.73. The molecule has 0 aliphatic carbocycles. The topological polar surface area (TPSA) is 80.9 Å². The van der Waals surface area contributed by atoms with Crippen molar-refractivity contribution in [2.24, 2.45) is 0 Å². The third-order valence-electron chi connectivity index (χ3n) is 2.37. The van der Waals surface area contributed by atoms with E-state index in [4.69, 9.17) is 5.73 Å². The van der Waals surface area contributed by atoms with E-state index < -0.39 is 28.8 Å². The third-order valence-corrected chi connectivity index (χ3v) is 2.37. The fraction of sp³-hybridized carbons (Fsp3) is 0.0833. The second-order valence-electron chi connectivity index (χ2n) is 3.75. The van der Waals surface area contributed by atoms with Gasteiger partial charge in [0, 0.05) is 6.20 Å². The quantitative estimate of drug-likeness (QED) is 0.818. The summed E-state index contributed by atoms with van der Waals surface area (Å²) in [6, 6.07) is 4.89. The van der Waals surface area contributed by atoms with Crippen LogP contribution in [0.25, 0.3) is 0 Å². The van der Waals surface area contributed by atoms with Gasteiger partial charge in [0.25, 0.3) is 5.91 Å². The molecule has 0 radical (unpaired) electrons. The minimum absolute atomic E-state index is 0.0581. The molecule has 0 aliphatic heterocycles. The Morgan fingerprint density at radius 3 is 2.84 bits per heavy atom. The highest BCUT2D eigenvalue weighted by molar-refractivity contribution is 5.95. The van der Waals surface area contributed by atoms with Crippen LogP contribution in [0.15, 0.2) is 30.5 Å². The average Bonchev–Trinajstić information content (AvgIpc) is 2.41. The van der Waals surface area contributed by atoms with Crippen LogP contribution in [0.4, 0.5) is 14.5 Å². The Labute approximate surface area is 107 Å². The Balaban J connectivity index is 2.13. The number of aromatic nitrogens is 2. The SMILES string of the molecule is Nc1cc(F)cc(C(=O)NCc2cccnn2)c1F. The zero-order valence-electron chi connectivity index (χ0n) is 9.73. The molecule has 0 spiro atoms. The molecule has 3 N–H and O–H groups in total. The van der Waals surface area contributed by atoms with Gasteiger partial charge in [0.1, 0.15) is 5.82 Å². The standard InChI is InChI=1S/C12H10F2N4O/c13-7-4-9(11(14)10(15)5-7)12(19)16-6-8-2-1-3-17-18-8/h1-5H,6,15H2,(H,16,19). The predicted molar refractivity (Wildman–Crippen MR) is 64.0 cm³/mol. The number of nitrogens with one attached hydrogen (secondary N) is 1. The molecule has 0 atom stereocenters. The first-order valence-corrected chi connectivity index (χ1v) is 5.37. The molecule has 0 saturated carbocycles. The zero-order chi connectivity index (χ0) is 13.8. The fourth-order valence-corrected chi connectivity index (χ4v) is 1.47. The number of hydrogen-bond acceptors (Lipinski definition) is 4. The molecule has 2 rings (SSSR count). The maximum Gasteiger partial charge on any atom is 0.254 e. The molecule has 1 amide bonds. The van der Waals surface area contributed by atoms with Crippen molar-refractivity contribution in [2.45, 2.75) is 6.54 Å². The highest BCUT2D eigenvalue weighted by Gasteiger charge is 2.15. The number of nitrogens with zero attached hydrogens (tertiary/aromatic N) is 2. The summed E-state index contributed by atoms with van der Waals surface area (Å²) >= 11 is 0. The monoisotopic (exact) mass is 264 g/mol. The average molecular weight is 264 g/mol. The Morgan fingerprint density at radius 2 is 2.16 bits per heavy atom. The number of nitrogen functional groups attached to an aromatic ring is 1. The van der Waals surface area contributed by atoms with E-state index >= 15 is 0 Å². The molecule has 0 fully saturated rings. The van der Waals surface area contributed by atoms with E-state index in [1.807, 2.05) is 0 Å². The van der Waals surface area contributed by atoms with E-state index in [0.29, 0.717) is 5.69 Å². The number of anilines is 1. The van der Waals surface area contributed by atoms with Crippen LogP contribution in [0.1, 0.15) is 16.1 Å². The van der Waals surface area contributed by atoms with Gasteiger partial charge in [-0.05, 0) is 24.3 Å². The van der Waals surface area contributed by atoms with Gasteiger partial charge in [0.15, 0.2) is 5.82 Å². The Bertz CT molecular complexity index is 604. The lowest BCUT2D eigenvalue weighted by Crippen LogP contribution is -2.25. The van der Waals surface area contributed by atoms with Gasteiger partial charge in [-0.25, -0.2) is 8.78 Å². The first-order valence-electron chi connectivity index (χ1n) is 5.37. The Morgan fingerprint density at radius 1 is 1.37 bits per heavy atom. The Hall–Kier alpha value is -2.57. The number of nitrogens with two attached hydrogens (primary N) is 1. The summed E-state index contributed by atoms with van der Waals surface area (Å²) in [4.78, 5) is 11.7. The molecule has 7 heteroatoms. The molecule has 5 nitrogen and oxygen atoms in total. The minimum atomic E-state index is -0.946. The highest BCUT2D eigenvalue weighted by Crippen LogP contribution is 2.17. The summed E-state index contributed by atoms with van der Waals surface area (Å²) < 4.78 is 26.7. The van der Waals surface area contributed by atoms with Crippen LogP contribution in [0.5, 0.6) is 0 Å². The van der Waals surface area contributed by atoms with Gasteiger partial charge < -0.3 is 11.1 Å². The number of benzene rings is 1. The Kier molecular flexibility index (Phi) is 3.65. The molecule has 2 aromatic rings. The van der Waals surface area contributed by atoms with Gasteiger partial charge in [0.05, 0.1) is 23.5 Å². The molecule has 1 heterocycles. The van der Waals surface area contributed by atoms with Crippen LogP contribution < -0.4 is 11.1 Å². The number of carbonyl (C=O) groups excluding carboxylic acids is 1. The van der Waals surface area contributed by atoms with E-state index in [2.05, 4.69) is 15.5 Å². The van der Waals surface area contributed by atoms with Crippen molar-refractivity contribution in [1.82, 2.24) is 15.5 Å². The van der Waals surface area contributed by atoms with Crippen molar-refractivity contribution in [3.05, 3.63) is 53.4 Å². The summed E-state index contributed by atoms with van der Waals surface area (Å²) in [5.74, 6) is -2.49. The largest absolute Gasteiger partial charge is 0.396 e. The summed E-state index contributed by atoms with van der Waals surface area (Å²) in [5.41, 5.74) is 4.89. The maximum absolute atomic E-state index is 13.6. The van der Waals surface area contributed by atoms with Gasteiger partial charge >= 0.3 is 0 Å². The molecular formula is C12H10F2N4O. The van der Waals surface area contributed by atoms with Gasteiger partial charge in [-0.3, -0.25) is 4.79 Å². The van der Waals surface area contributed by atoms with E-state index in [-0.39, 0.29) is 6.54 Å². The van der Waals surface area contributed by atoms with Crippen LogP contribution in [-0.4, -0.2) is 16.1 Å². The van der Waals surface area contributed by atoms with Crippen LogP contribution in [0, 0.1) is 11.6 Å². The van der Waals surface area contributed by atoms with Gasteiger partial charge in [-0.2, -0.15) is 10.2 Å². The van der Waals surface area contributed by atoms with Crippen molar-refractivity contribution in [2.75, 3.05) is 5.73 Å². The molecular weight excluding hydrogens is 254 g/mol. The number of amides is 1. The highest BCUT2D eigenvalue weighted by atomic mass is 19.1. The summed E-state index contributed by atoms with van der Waals surface area (Å²) in [7, 11) is 0. The number of hydrogen-bond donors (Lipinski definition) is 2. The molecule has 0 saturated heterocycles. The molecule has 1 aromatic heterocycles. The maximum atomic E-state index is 13.6. The van der Waals surface area contributed by atoms with Crippen LogP contribution in [0.2, 0.25) is 0 Å². The molecule has 1 aromatic carbocycles. The molecule has 0 bridgehead atoms. The lowest BCUT2D eigenvalue weighted by molar-refractivity contribution is 0.0946. The van der Waals surface area contributed by atoms with E-state index in [1.54, 1.807) is 12.1 Å².